The number of rotatable bonds is 40. The van der Waals surface area contributed by atoms with Crippen LogP contribution in [-0.2, 0) is 47.4 Å². The van der Waals surface area contributed by atoms with Crippen LogP contribution in [0.2, 0.25) is 0 Å². The molecule has 13 nitrogen and oxygen atoms in total. The van der Waals surface area contributed by atoms with Gasteiger partial charge in [-0.2, -0.15) is 0 Å². The van der Waals surface area contributed by atoms with Crippen molar-refractivity contribution in [3.63, 3.8) is 0 Å². The standard InChI is InChI=1S/C32H66O11.C7H5NOS/c1-2-3-4-5-6-7-8-9-10-11-13-34-15-17-36-19-21-38-23-25-40-27-29-42-31-32-43-30-28-41-26-24-39-22-20-37-18-16-35-14-12-33;9-7-5-3-1-2-4-6(5)10-8-7/h33H,2-32H2,1H3;1-4H,(H,8,9). The maximum Gasteiger partial charge on any atom is 0.265 e. The number of aliphatic hydroxyl groups is 1. The maximum atomic E-state index is 10.9. The van der Waals surface area contributed by atoms with Crippen molar-refractivity contribution in [2.45, 2.75) is 71.1 Å². The normalized spacial score (nSPS) is 11.4. The Morgan fingerprint density at radius 1 is 0.453 bits per heavy atom. The van der Waals surface area contributed by atoms with Gasteiger partial charge in [-0.1, -0.05) is 88.4 Å². The molecule has 0 saturated heterocycles. The van der Waals surface area contributed by atoms with E-state index in [-0.39, 0.29) is 12.2 Å². The lowest BCUT2D eigenvalue weighted by Gasteiger charge is -2.09. The van der Waals surface area contributed by atoms with Crippen LogP contribution < -0.4 is 5.56 Å². The van der Waals surface area contributed by atoms with E-state index in [1.807, 2.05) is 24.3 Å². The number of unbranched alkanes of at least 4 members (excludes halogenated alkanes) is 9. The largest absolute Gasteiger partial charge is 0.394 e. The zero-order chi connectivity index (χ0) is 38.0. The predicted octanol–water partition coefficient (Wildman–Crippen LogP) is 5.66. The fourth-order valence-corrected chi connectivity index (χ4v) is 5.47. The van der Waals surface area contributed by atoms with Gasteiger partial charge in [-0.15, -0.1) is 0 Å². The Hall–Kier alpha value is -1.53. The van der Waals surface area contributed by atoms with Crippen molar-refractivity contribution >= 4 is 21.6 Å². The minimum absolute atomic E-state index is 0.0144. The SMILES string of the molecule is CCCCCCCCCCCCOCCOCCOCCOCCOCCOCCOCCOCCOCCOCCO.O=c1[nH]sc2ccccc12. The smallest absolute Gasteiger partial charge is 0.265 e. The second-order valence-corrected chi connectivity index (χ2v) is 12.9. The van der Waals surface area contributed by atoms with Crippen LogP contribution in [-0.4, -0.2) is 148 Å². The van der Waals surface area contributed by atoms with E-state index in [0.29, 0.717) is 126 Å². The third-order valence-electron chi connectivity index (χ3n) is 7.61. The number of hydrogen-bond acceptors (Lipinski definition) is 13. The lowest BCUT2D eigenvalue weighted by Crippen LogP contribution is -2.15. The molecule has 0 atom stereocenters. The van der Waals surface area contributed by atoms with Crippen molar-refractivity contribution in [2.24, 2.45) is 0 Å². The molecule has 2 aromatic rings. The van der Waals surface area contributed by atoms with Crippen LogP contribution in [0.1, 0.15) is 71.1 Å². The van der Waals surface area contributed by atoms with Crippen LogP contribution in [0.25, 0.3) is 10.1 Å². The Balaban J connectivity index is 0.00000118. The molecule has 53 heavy (non-hydrogen) atoms. The molecule has 0 aliphatic carbocycles. The molecule has 0 fully saturated rings. The predicted molar refractivity (Wildman–Crippen MR) is 210 cm³/mol. The Morgan fingerprint density at radius 2 is 0.774 bits per heavy atom. The number of aliphatic hydroxyl groups excluding tert-OH is 1. The highest BCUT2D eigenvalue weighted by molar-refractivity contribution is 7.13. The van der Waals surface area contributed by atoms with Crippen LogP contribution in [0.5, 0.6) is 0 Å². The number of aromatic amines is 1. The van der Waals surface area contributed by atoms with Crippen molar-refractivity contribution in [3.8, 4) is 0 Å². The molecule has 14 heteroatoms. The summed E-state index contributed by atoms with van der Waals surface area (Å²) in [6.07, 6.45) is 13.4. The number of benzene rings is 1. The average molecular weight is 778 g/mol. The number of ether oxygens (including phenoxy) is 10. The zero-order valence-corrected chi connectivity index (χ0v) is 33.4. The quantitative estimate of drug-likeness (QED) is 0.0807. The molecule has 0 bridgehead atoms. The summed E-state index contributed by atoms with van der Waals surface area (Å²) >= 11 is 1.38. The summed E-state index contributed by atoms with van der Waals surface area (Å²) in [5, 5.41) is 9.36. The van der Waals surface area contributed by atoms with E-state index in [2.05, 4.69) is 11.3 Å². The molecule has 0 saturated carbocycles. The second kappa shape index (κ2) is 41.6. The lowest BCUT2D eigenvalue weighted by atomic mass is 10.1. The number of hydrogen-bond donors (Lipinski definition) is 2. The van der Waals surface area contributed by atoms with Gasteiger partial charge in [0.25, 0.3) is 5.56 Å². The van der Waals surface area contributed by atoms with Gasteiger partial charge >= 0.3 is 0 Å². The average Bonchev–Trinajstić information content (AvgIpc) is 3.56. The Labute approximate surface area is 322 Å². The van der Waals surface area contributed by atoms with E-state index in [1.54, 1.807) is 0 Å². The van der Waals surface area contributed by atoms with Gasteiger partial charge in [-0.05, 0) is 18.6 Å². The molecule has 0 spiro atoms. The van der Waals surface area contributed by atoms with Crippen LogP contribution in [0.3, 0.4) is 0 Å². The number of nitrogens with one attached hydrogen (secondary N) is 1. The highest BCUT2D eigenvalue weighted by Crippen LogP contribution is 2.12. The molecule has 0 unspecified atom stereocenters. The Bertz CT molecular complexity index is 1000. The van der Waals surface area contributed by atoms with Gasteiger partial charge in [0.2, 0.25) is 0 Å². The first-order valence-electron chi connectivity index (χ1n) is 19.7. The van der Waals surface area contributed by atoms with Crippen molar-refractivity contribution in [3.05, 3.63) is 34.6 Å². The van der Waals surface area contributed by atoms with E-state index in [9.17, 15) is 4.79 Å². The van der Waals surface area contributed by atoms with Gasteiger partial charge in [0, 0.05) is 6.61 Å². The molecule has 0 amide bonds. The highest BCUT2D eigenvalue weighted by atomic mass is 32.1. The van der Waals surface area contributed by atoms with Gasteiger partial charge < -0.3 is 52.5 Å². The summed E-state index contributed by atoms with van der Waals surface area (Å²) in [5.41, 5.74) is 0.0144. The summed E-state index contributed by atoms with van der Waals surface area (Å²) in [7, 11) is 0. The molecule has 0 aliphatic rings. The molecule has 1 aromatic carbocycles. The minimum Gasteiger partial charge on any atom is -0.394 e. The Morgan fingerprint density at radius 3 is 1.13 bits per heavy atom. The number of H-pyrrole nitrogens is 1. The van der Waals surface area contributed by atoms with Gasteiger partial charge in [0.15, 0.2) is 0 Å². The first kappa shape index (κ1) is 49.5. The van der Waals surface area contributed by atoms with Crippen LogP contribution in [0.4, 0.5) is 0 Å². The molecular weight excluding hydrogens is 706 g/mol. The summed E-state index contributed by atoms with van der Waals surface area (Å²) in [6, 6.07) is 7.54. The summed E-state index contributed by atoms with van der Waals surface area (Å²) < 4.78 is 58.1. The second-order valence-electron chi connectivity index (χ2n) is 12.1. The molecular formula is C39H71NO12S. The van der Waals surface area contributed by atoms with E-state index in [0.717, 1.165) is 23.1 Å². The summed E-state index contributed by atoms with van der Waals surface area (Å²) in [6.45, 7) is 13.1. The monoisotopic (exact) mass is 777 g/mol. The highest BCUT2D eigenvalue weighted by Gasteiger charge is 1.98. The van der Waals surface area contributed by atoms with Gasteiger partial charge in [-0.25, -0.2) is 0 Å². The molecule has 1 aromatic heterocycles. The van der Waals surface area contributed by atoms with Crippen molar-refractivity contribution in [1.29, 1.82) is 0 Å². The summed E-state index contributed by atoms with van der Waals surface area (Å²) in [5.74, 6) is 0. The summed E-state index contributed by atoms with van der Waals surface area (Å²) in [4.78, 5) is 10.9. The maximum absolute atomic E-state index is 10.9. The minimum atomic E-state index is 0.0144. The van der Waals surface area contributed by atoms with E-state index in [4.69, 9.17) is 52.5 Å². The van der Waals surface area contributed by atoms with Crippen LogP contribution >= 0.6 is 11.5 Å². The molecule has 1 heterocycles. The number of fused-ring (bicyclic) bond motifs is 1. The Kier molecular flexibility index (Phi) is 38.9. The molecule has 310 valence electrons. The first-order valence-corrected chi connectivity index (χ1v) is 20.6. The fourth-order valence-electron chi connectivity index (χ4n) is 4.74. The van der Waals surface area contributed by atoms with Crippen molar-refractivity contribution in [2.75, 3.05) is 139 Å². The van der Waals surface area contributed by atoms with E-state index >= 15 is 0 Å². The van der Waals surface area contributed by atoms with E-state index < -0.39 is 0 Å². The molecule has 0 radical (unpaired) electrons. The van der Waals surface area contributed by atoms with Gasteiger partial charge in [0.05, 0.1) is 142 Å². The first-order chi connectivity index (χ1) is 26.3. The van der Waals surface area contributed by atoms with Crippen LogP contribution in [0, 0.1) is 0 Å². The van der Waals surface area contributed by atoms with Crippen LogP contribution in [0.15, 0.2) is 29.1 Å². The van der Waals surface area contributed by atoms with E-state index in [1.165, 1.54) is 69.3 Å². The van der Waals surface area contributed by atoms with Crippen molar-refractivity contribution in [1.82, 2.24) is 4.37 Å². The molecule has 0 aliphatic heterocycles. The van der Waals surface area contributed by atoms with Crippen molar-refractivity contribution < 1.29 is 52.5 Å². The van der Waals surface area contributed by atoms with Gasteiger partial charge in [-0.3, -0.25) is 9.17 Å². The third-order valence-corrected chi connectivity index (χ3v) is 8.47. The molecule has 2 rings (SSSR count). The topological polar surface area (TPSA) is 145 Å². The number of aromatic nitrogens is 1. The molecule has 2 N–H and O–H groups in total. The third kappa shape index (κ3) is 34.7. The van der Waals surface area contributed by atoms with Gasteiger partial charge in [0.1, 0.15) is 0 Å². The fraction of sp³-hybridized carbons (Fsp3) is 0.821. The lowest BCUT2D eigenvalue weighted by molar-refractivity contribution is -0.0268. The zero-order valence-electron chi connectivity index (χ0n) is 32.6.